The van der Waals surface area contributed by atoms with Gasteiger partial charge >= 0.3 is 0 Å². The number of hydrogen-bond donors (Lipinski definition) is 2. The van der Waals surface area contributed by atoms with Crippen LogP contribution in [-0.2, 0) is 0 Å². The fourth-order valence-electron chi connectivity index (χ4n) is 1.79. The van der Waals surface area contributed by atoms with Crippen molar-refractivity contribution in [3.8, 4) is 0 Å². The van der Waals surface area contributed by atoms with Crippen LogP contribution in [0.1, 0.15) is 25.7 Å². The maximum absolute atomic E-state index is 6.01. The van der Waals surface area contributed by atoms with Gasteiger partial charge in [-0.2, -0.15) is 0 Å². The molecule has 0 bridgehead atoms. The second kappa shape index (κ2) is 5.53. The maximum Gasteiger partial charge on any atom is 0.182 e. The van der Waals surface area contributed by atoms with Crippen molar-refractivity contribution < 1.29 is 0 Å². The molecule has 0 spiro atoms. The van der Waals surface area contributed by atoms with Crippen LogP contribution in [0.25, 0.3) is 0 Å². The molecule has 5 heteroatoms. The van der Waals surface area contributed by atoms with Crippen LogP contribution in [0.3, 0.4) is 0 Å². The molecule has 1 heterocycles. The summed E-state index contributed by atoms with van der Waals surface area (Å²) < 4.78 is 0. The van der Waals surface area contributed by atoms with E-state index in [0.29, 0.717) is 12.1 Å². The van der Waals surface area contributed by atoms with Crippen LogP contribution in [0.4, 0.5) is 5.13 Å². The van der Waals surface area contributed by atoms with Gasteiger partial charge in [-0.05, 0) is 12.8 Å². The molecule has 0 radical (unpaired) electrons. The van der Waals surface area contributed by atoms with Gasteiger partial charge in [-0.1, -0.05) is 12.8 Å². The number of halogens is 1. The summed E-state index contributed by atoms with van der Waals surface area (Å²) >= 11 is 1.64. The zero-order valence-corrected chi connectivity index (χ0v) is 9.61. The lowest BCUT2D eigenvalue weighted by Crippen LogP contribution is -2.42. The first-order valence-electron chi connectivity index (χ1n) is 4.78. The molecule has 1 saturated carbocycles. The van der Waals surface area contributed by atoms with Crippen molar-refractivity contribution in [3.63, 3.8) is 0 Å². The second-order valence-corrected chi connectivity index (χ2v) is 4.43. The highest BCUT2D eigenvalue weighted by molar-refractivity contribution is 7.13. The van der Waals surface area contributed by atoms with Gasteiger partial charge in [-0.25, -0.2) is 4.98 Å². The molecule has 0 aromatic carbocycles. The number of thiazole rings is 1. The molecule has 80 valence electrons. The van der Waals surface area contributed by atoms with Gasteiger partial charge < -0.3 is 11.1 Å². The van der Waals surface area contributed by atoms with E-state index in [2.05, 4.69) is 10.3 Å². The Hall–Kier alpha value is -0.320. The van der Waals surface area contributed by atoms with Gasteiger partial charge in [0.05, 0.1) is 0 Å². The Bertz CT molecular complexity index is 253. The average Bonchev–Trinajstić information content (AvgIpc) is 2.61. The molecule has 1 fully saturated rings. The zero-order valence-electron chi connectivity index (χ0n) is 7.98. The molecule has 0 amide bonds. The van der Waals surface area contributed by atoms with E-state index in [-0.39, 0.29) is 12.4 Å². The predicted molar refractivity (Wildman–Crippen MR) is 63.2 cm³/mol. The monoisotopic (exact) mass is 233 g/mol. The molecule has 1 aliphatic carbocycles. The fraction of sp³-hybridized carbons (Fsp3) is 0.667. The quantitative estimate of drug-likeness (QED) is 0.824. The van der Waals surface area contributed by atoms with E-state index in [1.54, 1.807) is 11.3 Å². The van der Waals surface area contributed by atoms with Crippen molar-refractivity contribution in [2.45, 2.75) is 37.8 Å². The SMILES string of the molecule is Cl.NC1CCCCC1Nc1nccs1. The van der Waals surface area contributed by atoms with Crippen LogP contribution in [0.2, 0.25) is 0 Å². The van der Waals surface area contributed by atoms with E-state index in [1.807, 2.05) is 11.6 Å². The molecule has 0 aliphatic heterocycles. The highest BCUT2D eigenvalue weighted by Crippen LogP contribution is 2.21. The number of nitrogens with one attached hydrogen (secondary N) is 1. The van der Waals surface area contributed by atoms with Crippen LogP contribution in [-0.4, -0.2) is 17.1 Å². The Morgan fingerprint density at radius 3 is 2.86 bits per heavy atom. The van der Waals surface area contributed by atoms with Gasteiger partial charge in [0.2, 0.25) is 0 Å². The van der Waals surface area contributed by atoms with Crippen molar-refractivity contribution in [3.05, 3.63) is 11.6 Å². The van der Waals surface area contributed by atoms with E-state index in [9.17, 15) is 0 Å². The standard InChI is InChI=1S/C9H15N3S.ClH/c10-7-3-1-2-4-8(7)12-9-11-5-6-13-9;/h5-8H,1-4,10H2,(H,11,12);1H. The average molecular weight is 234 g/mol. The number of nitrogens with two attached hydrogens (primary N) is 1. The number of hydrogen-bond acceptors (Lipinski definition) is 4. The normalized spacial score (nSPS) is 26.6. The number of aromatic nitrogens is 1. The molecular formula is C9H16ClN3S. The van der Waals surface area contributed by atoms with Crippen molar-refractivity contribution in [2.75, 3.05) is 5.32 Å². The Morgan fingerprint density at radius 2 is 2.21 bits per heavy atom. The molecule has 3 nitrogen and oxygen atoms in total. The molecule has 2 atom stereocenters. The highest BCUT2D eigenvalue weighted by Gasteiger charge is 2.21. The van der Waals surface area contributed by atoms with E-state index < -0.39 is 0 Å². The lowest BCUT2D eigenvalue weighted by molar-refractivity contribution is 0.404. The van der Waals surface area contributed by atoms with E-state index in [1.165, 1.54) is 19.3 Å². The maximum atomic E-state index is 6.01. The summed E-state index contributed by atoms with van der Waals surface area (Å²) in [6, 6.07) is 0.734. The van der Waals surface area contributed by atoms with Gasteiger partial charge in [0.15, 0.2) is 5.13 Å². The summed E-state index contributed by atoms with van der Waals surface area (Å²) in [7, 11) is 0. The minimum absolute atomic E-state index is 0. The first kappa shape index (κ1) is 11.8. The summed E-state index contributed by atoms with van der Waals surface area (Å²) in [6.45, 7) is 0. The summed E-state index contributed by atoms with van der Waals surface area (Å²) in [6.07, 6.45) is 6.71. The molecule has 14 heavy (non-hydrogen) atoms. The summed E-state index contributed by atoms with van der Waals surface area (Å²) in [5.74, 6) is 0. The Balaban J connectivity index is 0.000000980. The first-order valence-corrected chi connectivity index (χ1v) is 5.66. The summed E-state index contributed by atoms with van der Waals surface area (Å²) in [5, 5.41) is 6.38. The largest absolute Gasteiger partial charge is 0.357 e. The molecule has 2 unspecified atom stereocenters. The van der Waals surface area contributed by atoms with Crippen LogP contribution in [0, 0.1) is 0 Å². The topological polar surface area (TPSA) is 50.9 Å². The number of anilines is 1. The predicted octanol–water partition coefficient (Wildman–Crippen LogP) is 2.25. The minimum Gasteiger partial charge on any atom is -0.357 e. The lowest BCUT2D eigenvalue weighted by Gasteiger charge is -2.28. The van der Waals surface area contributed by atoms with Crippen LogP contribution in [0.5, 0.6) is 0 Å². The summed E-state index contributed by atoms with van der Waals surface area (Å²) in [5.41, 5.74) is 6.01. The van der Waals surface area contributed by atoms with Crippen molar-refractivity contribution in [1.82, 2.24) is 4.98 Å². The van der Waals surface area contributed by atoms with Gasteiger partial charge in [-0.3, -0.25) is 0 Å². The third kappa shape index (κ3) is 2.83. The molecule has 0 saturated heterocycles. The highest BCUT2D eigenvalue weighted by atomic mass is 35.5. The molecule has 2 rings (SSSR count). The number of rotatable bonds is 2. The third-order valence-electron chi connectivity index (χ3n) is 2.56. The van der Waals surface area contributed by atoms with E-state index >= 15 is 0 Å². The molecule has 1 aliphatic rings. The van der Waals surface area contributed by atoms with Crippen molar-refractivity contribution >= 4 is 28.9 Å². The molecule has 1 aromatic heterocycles. The molecule has 3 N–H and O–H groups in total. The van der Waals surface area contributed by atoms with Gasteiger partial charge in [-0.15, -0.1) is 23.7 Å². The fourth-order valence-corrected chi connectivity index (χ4v) is 2.38. The zero-order chi connectivity index (χ0) is 9.10. The lowest BCUT2D eigenvalue weighted by atomic mass is 9.91. The smallest absolute Gasteiger partial charge is 0.182 e. The Kier molecular flexibility index (Phi) is 4.65. The van der Waals surface area contributed by atoms with Crippen LogP contribution >= 0.6 is 23.7 Å². The third-order valence-corrected chi connectivity index (χ3v) is 3.26. The summed E-state index contributed by atoms with van der Waals surface area (Å²) in [4.78, 5) is 4.20. The Morgan fingerprint density at radius 1 is 1.43 bits per heavy atom. The second-order valence-electron chi connectivity index (χ2n) is 3.54. The van der Waals surface area contributed by atoms with E-state index in [4.69, 9.17) is 5.73 Å². The Labute approximate surface area is 94.5 Å². The van der Waals surface area contributed by atoms with Crippen molar-refractivity contribution in [1.29, 1.82) is 0 Å². The molecule has 1 aromatic rings. The van der Waals surface area contributed by atoms with Crippen LogP contribution < -0.4 is 11.1 Å². The van der Waals surface area contributed by atoms with Gasteiger partial charge in [0.1, 0.15) is 0 Å². The van der Waals surface area contributed by atoms with Crippen molar-refractivity contribution in [2.24, 2.45) is 5.73 Å². The van der Waals surface area contributed by atoms with Gasteiger partial charge in [0, 0.05) is 23.7 Å². The minimum atomic E-state index is 0. The van der Waals surface area contributed by atoms with E-state index in [0.717, 1.165) is 11.6 Å². The molecular weight excluding hydrogens is 218 g/mol. The first-order chi connectivity index (χ1) is 6.36. The van der Waals surface area contributed by atoms with Gasteiger partial charge in [0.25, 0.3) is 0 Å². The number of nitrogens with zero attached hydrogens (tertiary/aromatic N) is 1. The van der Waals surface area contributed by atoms with Crippen LogP contribution in [0.15, 0.2) is 11.6 Å².